The number of halogens is 1. The van der Waals surface area contributed by atoms with Crippen molar-refractivity contribution in [3.63, 3.8) is 0 Å². The van der Waals surface area contributed by atoms with Gasteiger partial charge in [0.25, 0.3) is 11.8 Å². The van der Waals surface area contributed by atoms with Gasteiger partial charge in [0.15, 0.2) is 5.71 Å². The summed E-state index contributed by atoms with van der Waals surface area (Å²) in [6, 6.07) is 11.7. The van der Waals surface area contributed by atoms with Gasteiger partial charge in [-0.25, -0.2) is 5.43 Å². The first-order chi connectivity index (χ1) is 12.0. The van der Waals surface area contributed by atoms with Crippen molar-refractivity contribution in [3.8, 4) is 5.75 Å². The van der Waals surface area contributed by atoms with Crippen LogP contribution in [0.1, 0.15) is 15.9 Å². The molecular weight excluding hydrogens is 386 g/mol. The SMILES string of the molecule is C=CCN1C(=O)/C(=N\NC(=O)c2cc(Br)ccc2O)c2ccccc21. The minimum absolute atomic E-state index is 0.0559. The van der Waals surface area contributed by atoms with Gasteiger partial charge in [-0.3, -0.25) is 9.59 Å². The molecule has 6 nitrogen and oxygen atoms in total. The van der Waals surface area contributed by atoms with Crippen LogP contribution in [0.25, 0.3) is 0 Å². The molecule has 3 rings (SSSR count). The molecule has 0 saturated carbocycles. The highest BCUT2D eigenvalue weighted by Crippen LogP contribution is 2.29. The molecule has 1 aliphatic heterocycles. The molecule has 2 aromatic rings. The number of amides is 2. The molecule has 0 saturated heterocycles. The number of para-hydroxylation sites is 1. The van der Waals surface area contributed by atoms with Gasteiger partial charge in [0.05, 0.1) is 11.3 Å². The lowest BCUT2D eigenvalue weighted by molar-refractivity contribution is -0.112. The first kappa shape index (κ1) is 16.9. The normalized spacial score (nSPS) is 14.5. The molecule has 2 aromatic carbocycles. The Morgan fingerprint density at radius 2 is 2.08 bits per heavy atom. The maximum Gasteiger partial charge on any atom is 0.279 e. The summed E-state index contributed by atoms with van der Waals surface area (Å²) >= 11 is 3.24. The van der Waals surface area contributed by atoms with Gasteiger partial charge < -0.3 is 10.0 Å². The van der Waals surface area contributed by atoms with Crippen LogP contribution < -0.4 is 10.3 Å². The van der Waals surface area contributed by atoms with E-state index in [1.165, 1.54) is 17.0 Å². The second-order valence-electron chi connectivity index (χ2n) is 5.28. The molecule has 126 valence electrons. The van der Waals surface area contributed by atoms with Gasteiger partial charge in [0.1, 0.15) is 5.75 Å². The predicted molar refractivity (Wildman–Crippen MR) is 98.8 cm³/mol. The van der Waals surface area contributed by atoms with Crippen molar-refractivity contribution in [2.75, 3.05) is 11.4 Å². The number of nitrogens with zero attached hydrogens (tertiary/aromatic N) is 2. The van der Waals surface area contributed by atoms with Crippen molar-refractivity contribution in [1.82, 2.24) is 5.43 Å². The third-order valence-electron chi connectivity index (χ3n) is 3.68. The number of nitrogens with one attached hydrogen (secondary N) is 1. The topological polar surface area (TPSA) is 82.0 Å². The third-order valence-corrected chi connectivity index (χ3v) is 4.18. The summed E-state index contributed by atoms with van der Waals surface area (Å²) in [7, 11) is 0. The van der Waals surface area contributed by atoms with E-state index in [0.29, 0.717) is 22.3 Å². The fourth-order valence-electron chi connectivity index (χ4n) is 2.54. The number of hydrazone groups is 1. The Labute approximate surface area is 152 Å². The van der Waals surface area contributed by atoms with Crippen molar-refractivity contribution in [1.29, 1.82) is 0 Å². The Morgan fingerprint density at radius 1 is 1.32 bits per heavy atom. The van der Waals surface area contributed by atoms with Gasteiger partial charge >= 0.3 is 0 Å². The summed E-state index contributed by atoms with van der Waals surface area (Å²) in [4.78, 5) is 26.4. The van der Waals surface area contributed by atoms with Crippen LogP contribution in [0.3, 0.4) is 0 Å². The van der Waals surface area contributed by atoms with Crippen molar-refractivity contribution >= 4 is 39.1 Å². The number of carbonyl (C=O) groups is 2. The third kappa shape index (κ3) is 3.18. The van der Waals surface area contributed by atoms with Crippen LogP contribution in [-0.2, 0) is 4.79 Å². The highest BCUT2D eigenvalue weighted by Gasteiger charge is 2.33. The molecule has 0 aromatic heterocycles. The van der Waals surface area contributed by atoms with Gasteiger partial charge in [0.2, 0.25) is 0 Å². The molecule has 2 amide bonds. The van der Waals surface area contributed by atoms with E-state index >= 15 is 0 Å². The van der Waals surface area contributed by atoms with Crippen LogP contribution >= 0.6 is 15.9 Å². The number of hydrogen-bond acceptors (Lipinski definition) is 4. The summed E-state index contributed by atoms with van der Waals surface area (Å²) in [6.45, 7) is 4.00. The van der Waals surface area contributed by atoms with Gasteiger partial charge in [-0.1, -0.05) is 40.2 Å². The van der Waals surface area contributed by atoms with E-state index in [0.717, 1.165) is 0 Å². The number of phenols is 1. The second kappa shape index (κ2) is 6.90. The summed E-state index contributed by atoms with van der Waals surface area (Å²) in [5.74, 6) is -1.11. The number of carbonyl (C=O) groups excluding carboxylic acids is 2. The molecule has 7 heteroatoms. The molecule has 1 heterocycles. The Bertz CT molecular complexity index is 908. The van der Waals surface area contributed by atoms with Crippen molar-refractivity contribution < 1.29 is 14.7 Å². The zero-order chi connectivity index (χ0) is 18.0. The van der Waals surface area contributed by atoms with Crippen LogP contribution in [0.5, 0.6) is 5.75 Å². The van der Waals surface area contributed by atoms with Gasteiger partial charge in [-0.05, 0) is 24.3 Å². The summed E-state index contributed by atoms with van der Waals surface area (Å²) in [6.07, 6.45) is 1.62. The molecule has 0 radical (unpaired) electrons. The zero-order valence-electron chi connectivity index (χ0n) is 13.1. The monoisotopic (exact) mass is 399 g/mol. The molecule has 0 bridgehead atoms. The Morgan fingerprint density at radius 3 is 2.84 bits per heavy atom. The highest BCUT2D eigenvalue weighted by molar-refractivity contribution is 9.10. The maximum absolute atomic E-state index is 12.6. The highest BCUT2D eigenvalue weighted by atomic mass is 79.9. The molecule has 0 spiro atoms. The quantitative estimate of drug-likeness (QED) is 0.612. The van der Waals surface area contributed by atoms with Crippen molar-refractivity contribution in [3.05, 3.63) is 70.7 Å². The second-order valence-corrected chi connectivity index (χ2v) is 6.20. The molecular formula is C18H14BrN3O3. The van der Waals surface area contributed by atoms with Crippen molar-refractivity contribution in [2.24, 2.45) is 5.10 Å². The Hall–Kier alpha value is -2.93. The Kier molecular flexibility index (Phi) is 4.67. The standard InChI is InChI=1S/C18H14BrN3O3/c1-2-9-22-14-6-4-3-5-12(14)16(18(22)25)20-21-17(24)13-10-11(19)7-8-15(13)23/h2-8,10,23H,1,9H2,(H,21,24)/b20-16-. The summed E-state index contributed by atoms with van der Waals surface area (Å²) in [5.41, 5.74) is 3.88. The van der Waals surface area contributed by atoms with Crippen molar-refractivity contribution in [2.45, 2.75) is 0 Å². The van der Waals surface area contributed by atoms with Crippen LogP contribution in [-0.4, -0.2) is 29.2 Å². The fourth-order valence-corrected chi connectivity index (χ4v) is 2.90. The van der Waals surface area contributed by atoms with Crippen LogP contribution in [0.15, 0.2) is 64.7 Å². The predicted octanol–water partition coefficient (Wildman–Crippen LogP) is 2.82. The molecule has 0 fully saturated rings. The molecule has 0 aliphatic carbocycles. The fraction of sp³-hybridized carbons (Fsp3) is 0.0556. The van der Waals surface area contributed by atoms with E-state index in [1.54, 1.807) is 30.3 Å². The van der Waals surface area contributed by atoms with Crippen LogP contribution in [0.4, 0.5) is 5.69 Å². The average Bonchev–Trinajstić information content (AvgIpc) is 2.87. The van der Waals surface area contributed by atoms with Gasteiger partial charge in [-0.15, -0.1) is 6.58 Å². The van der Waals surface area contributed by atoms with Gasteiger partial charge in [0, 0.05) is 16.6 Å². The number of phenolic OH excluding ortho intramolecular Hbond substituents is 1. The van der Waals surface area contributed by atoms with E-state index < -0.39 is 5.91 Å². The molecule has 0 atom stereocenters. The minimum atomic E-state index is -0.612. The zero-order valence-corrected chi connectivity index (χ0v) is 14.7. The number of hydrogen-bond donors (Lipinski definition) is 2. The van der Waals surface area contributed by atoms with E-state index in [2.05, 4.69) is 33.0 Å². The number of aromatic hydroxyl groups is 1. The first-order valence-electron chi connectivity index (χ1n) is 7.41. The lowest BCUT2D eigenvalue weighted by Gasteiger charge is -2.13. The van der Waals surface area contributed by atoms with E-state index in [9.17, 15) is 14.7 Å². The number of rotatable bonds is 4. The maximum atomic E-state index is 12.6. The average molecular weight is 400 g/mol. The first-order valence-corrected chi connectivity index (χ1v) is 8.21. The molecule has 25 heavy (non-hydrogen) atoms. The largest absolute Gasteiger partial charge is 0.507 e. The van der Waals surface area contributed by atoms with Crippen LogP contribution in [0, 0.1) is 0 Å². The summed E-state index contributed by atoms with van der Waals surface area (Å²) < 4.78 is 0.641. The smallest absolute Gasteiger partial charge is 0.279 e. The number of fused-ring (bicyclic) bond motifs is 1. The van der Waals surface area contributed by atoms with Crippen LogP contribution in [0.2, 0.25) is 0 Å². The Balaban J connectivity index is 1.91. The lowest BCUT2D eigenvalue weighted by atomic mass is 10.1. The molecule has 0 unspecified atom stereocenters. The summed E-state index contributed by atoms with van der Waals surface area (Å²) in [5, 5.41) is 13.8. The molecule has 1 aliphatic rings. The number of anilines is 1. The van der Waals surface area contributed by atoms with E-state index in [-0.39, 0.29) is 22.9 Å². The molecule has 2 N–H and O–H groups in total. The van der Waals surface area contributed by atoms with Gasteiger partial charge in [-0.2, -0.15) is 5.10 Å². The van der Waals surface area contributed by atoms with E-state index in [1.807, 2.05) is 6.07 Å². The lowest BCUT2D eigenvalue weighted by Crippen LogP contribution is -2.31. The number of benzene rings is 2. The minimum Gasteiger partial charge on any atom is -0.507 e. The van der Waals surface area contributed by atoms with E-state index in [4.69, 9.17) is 0 Å².